The highest BCUT2D eigenvalue weighted by Gasteiger charge is 2.21. The molecule has 0 atom stereocenters. The van der Waals surface area contributed by atoms with E-state index in [4.69, 9.17) is 9.47 Å². The van der Waals surface area contributed by atoms with Crippen LogP contribution < -0.4 is 9.47 Å². The van der Waals surface area contributed by atoms with Crippen LogP contribution in [0.5, 0.6) is 11.5 Å². The predicted molar refractivity (Wildman–Crippen MR) is 90.1 cm³/mol. The summed E-state index contributed by atoms with van der Waals surface area (Å²) in [4.78, 5) is 18.7. The first-order valence-corrected chi connectivity index (χ1v) is 8.01. The third-order valence-corrected chi connectivity index (χ3v) is 4.01. The van der Waals surface area contributed by atoms with Crippen LogP contribution in [0.2, 0.25) is 0 Å². The molecule has 0 unspecified atom stereocenters. The summed E-state index contributed by atoms with van der Waals surface area (Å²) in [7, 11) is 5.75. The number of rotatable bonds is 7. The van der Waals surface area contributed by atoms with E-state index in [-0.39, 0.29) is 12.5 Å². The van der Waals surface area contributed by atoms with Crippen molar-refractivity contribution in [2.45, 2.75) is 0 Å². The number of hydrogen-bond donors (Lipinski definition) is 0. The van der Waals surface area contributed by atoms with Crippen LogP contribution >= 0.6 is 0 Å². The SMILES string of the molecule is COc1ccccc1OCC(=O)N1CCN(CCN(C)C)CC1. The lowest BCUT2D eigenvalue weighted by Crippen LogP contribution is -2.51. The first-order valence-electron chi connectivity index (χ1n) is 8.01. The van der Waals surface area contributed by atoms with Gasteiger partial charge >= 0.3 is 0 Å². The van der Waals surface area contributed by atoms with Gasteiger partial charge in [-0.1, -0.05) is 12.1 Å². The molecular formula is C17H27N3O3. The van der Waals surface area contributed by atoms with Gasteiger partial charge in [0.25, 0.3) is 5.91 Å². The Labute approximate surface area is 138 Å². The molecule has 23 heavy (non-hydrogen) atoms. The lowest BCUT2D eigenvalue weighted by Gasteiger charge is -2.35. The van der Waals surface area contributed by atoms with E-state index >= 15 is 0 Å². The van der Waals surface area contributed by atoms with Crippen molar-refractivity contribution in [3.05, 3.63) is 24.3 Å². The molecule has 0 spiro atoms. The molecule has 0 radical (unpaired) electrons. The number of benzene rings is 1. The number of ether oxygens (including phenoxy) is 2. The quantitative estimate of drug-likeness (QED) is 0.743. The smallest absolute Gasteiger partial charge is 0.260 e. The fraction of sp³-hybridized carbons (Fsp3) is 0.588. The van der Waals surface area contributed by atoms with Crippen molar-refractivity contribution in [3.8, 4) is 11.5 Å². The van der Waals surface area contributed by atoms with Gasteiger partial charge in [-0.3, -0.25) is 9.69 Å². The minimum atomic E-state index is 0.0307. The maximum absolute atomic E-state index is 12.3. The molecule has 1 fully saturated rings. The molecule has 0 aliphatic carbocycles. The van der Waals surface area contributed by atoms with Crippen LogP contribution in [0.25, 0.3) is 0 Å². The average Bonchev–Trinajstić information content (AvgIpc) is 2.58. The Hall–Kier alpha value is -1.79. The third-order valence-electron chi connectivity index (χ3n) is 4.01. The zero-order chi connectivity index (χ0) is 16.7. The summed E-state index contributed by atoms with van der Waals surface area (Å²) in [5.74, 6) is 1.28. The molecule has 0 bridgehead atoms. The minimum Gasteiger partial charge on any atom is -0.493 e. The van der Waals surface area contributed by atoms with Crippen LogP contribution in [0.15, 0.2) is 24.3 Å². The molecule has 1 aliphatic rings. The van der Waals surface area contributed by atoms with Crippen molar-refractivity contribution in [1.82, 2.24) is 14.7 Å². The molecule has 0 N–H and O–H groups in total. The third kappa shape index (κ3) is 5.41. The van der Waals surface area contributed by atoms with E-state index < -0.39 is 0 Å². The normalized spacial score (nSPS) is 15.7. The molecule has 2 rings (SSSR count). The maximum atomic E-state index is 12.3. The number of nitrogens with zero attached hydrogens (tertiary/aromatic N) is 3. The summed E-state index contributed by atoms with van der Waals surface area (Å²) in [6.45, 7) is 5.53. The van der Waals surface area contributed by atoms with Gasteiger partial charge in [-0.05, 0) is 26.2 Å². The highest BCUT2D eigenvalue weighted by Crippen LogP contribution is 2.25. The Balaban J connectivity index is 1.75. The summed E-state index contributed by atoms with van der Waals surface area (Å²) in [6, 6.07) is 7.38. The summed E-state index contributed by atoms with van der Waals surface area (Å²) < 4.78 is 10.8. The molecule has 1 amide bonds. The Morgan fingerprint density at radius 1 is 1.13 bits per heavy atom. The molecule has 128 valence electrons. The second-order valence-electron chi connectivity index (χ2n) is 5.97. The van der Waals surface area contributed by atoms with Crippen molar-refractivity contribution in [1.29, 1.82) is 0 Å². The Morgan fingerprint density at radius 3 is 2.39 bits per heavy atom. The van der Waals surface area contributed by atoms with Crippen LogP contribution in [0.3, 0.4) is 0 Å². The number of carbonyl (C=O) groups excluding carboxylic acids is 1. The molecule has 0 saturated carbocycles. The van der Waals surface area contributed by atoms with Crippen molar-refractivity contribution < 1.29 is 14.3 Å². The lowest BCUT2D eigenvalue weighted by atomic mass is 10.3. The second kappa shape index (κ2) is 8.74. The van der Waals surface area contributed by atoms with Crippen molar-refractivity contribution in [3.63, 3.8) is 0 Å². The molecule has 1 aliphatic heterocycles. The molecule has 1 saturated heterocycles. The second-order valence-corrected chi connectivity index (χ2v) is 5.97. The molecule has 1 aromatic carbocycles. The molecule has 6 nitrogen and oxygen atoms in total. The van der Waals surface area contributed by atoms with Crippen LogP contribution in [0.1, 0.15) is 0 Å². The summed E-state index contributed by atoms with van der Waals surface area (Å²) >= 11 is 0. The van der Waals surface area contributed by atoms with Crippen molar-refractivity contribution >= 4 is 5.91 Å². The number of likely N-dealkylation sites (N-methyl/N-ethyl adjacent to an activating group) is 1. The van der Waals surface area contributed by atoms with E-state index in [1.54, 1.807) is 7.11 Å². The number of methoxy groups -OCH3 is 1. The molecule has 6 heteroatoms. The van der Waals surface area contributed by atoms with E-state index in [0.29, 0.717) is 11.5 Å². The first kappa shape index (κ1) is 17.6. The van der Waals surface area contributed by atoms with E-state index in [2.05, 4.69) is 23.9 Å². The van der Waals surface area contributed by atoms with Crippen molar-refractivity contribution in [2.24, 2.45) is 0 Å². The van der Waals surface area contributed by atoms with E-state index in [1.165, 1.54) is 0 Å². The van der Waals surface area contributed by atoms with Crippen LogP contribution in [-0.2, 0) is 4.79 Å². The molecule has 1 aromatic rings. The highest BCUT2D eigenvalue weighted by atomic mass is 16.5. The Kier molecular flexibility index (Phi) is 6.67. The number of carbonyl (C=O) groups is 1. The largest absolute Gasteiger partial charge is 0.493 e. The monoisotopic (exact) mass is 321 g/mol. The highest BCUT2D eigenvalue weighted by molar-refractivity contribution is 5.78. The fourth-order valence-corrected chi connectivity index (χ4v) is 2.53. The van der Waals surface area contributed by atoms with Crippen LogP contribution in [-0.4, -0.2) is 87.7 Å². The zero-order valence-corrected chi connectivity index (χ0v) is 14.3. The van der Waals surface area contributed by atoms with Gasteiger partial charge in [0.05, 0.1) is 7.11 Å². The van der Waals surface area contributed by atoms with Gasteiger partial charge in [0, 0.05) is 39.3 Å². The summed E-state index contributed by atoms with van der Waals surface area (Å²) in [5, 5.41) is 0. The Bertz CT molecular complexity index is 500. The van der Waals surface area contributed by atoms with Gasteiger partial charge in [0.1, 0.15) is 0 Å². The van der Waals surface area contributed by atoms with Gasteiger partial charge in [-0.25, -0.2) is 0 Å². The number of para-hydroxylation sites is 2. The van der Waals surface area contributed by atoms with Gasteiger partial charge in [0.2, 0.25) is 0 Å². The predicted octanol–water partition coefficient (Wildman–Crippen LogP) is 0.780. The molecule has 0 aromatic heterocycles. The zero-order valence-electron chi connectivity index (χ0n) is 14.3. The van der Waals surface area contributed by atoms with Gasteiger partial charge in [0.15, 0.2) is 18.1 Å². The number of hydrogen-bond acceptors (Lipinski definition) is 5. The number of piperazine rings is 1. The maximum Gasteiger partial charge on any atom is 0.260 e. The minimum absolute atomic E-state index is 0.0307. The summed E-state index contributed by atoms with van der Waals surface area (Å²) in [5.41, 5.74) is 0. The van der Waals surface area contributed by atoms with Gasteiger partial charge in [-0.15, -0.1) is 0 Å². The van der Waals surface area contributed by atoms with Gasteiger partial charge in [-0.2, -0.15) is 0 Å². The topological polar surface area (TPSA) is 45.3 Å². The standard InChI is InChI=1S/C17H27N3O3/c1-18(2)8-9-19-10-12-20(13-11-19)17(21)14-23-16-7-5-4-6-15(16)22-3/h4-7H,8-14H2,1-3H3. The average molecular weight is 321 g/mol. The fourth-order valence-electron chi connectivity index (χ4n) is 2.53. The molecular weight excluding hydrogens is 294 g/mol. The number of amides is 1. The van der Waals surface area contributed by atoms with Crippen LogP contribution in [0, 0.1) is 0 Å². The van der Waals surface area contributed by atoms with E-state index in [9.17, 15) is 4.79 Å². The first-order chi connectivity index (χ1) is 11.1. The summed E-state index contributed by atoms with van der Waals surface area (Å²) in [6.07, 6.45) is 0. The Morgan fingerprint density at radius 2 is 1.78 bits per heavy atom. The lowest BCUT2D eigenvalue weighted by molar-refractivity contribution is -0.135. The van der Waals surface area contributed by atoms with Gasteiger partial charge < -0.3 is 19.3 Å². The van der Waals surface area contributed by atoms with Crippen LogP contribution in [0.4, 0.5) is 0 Å². The van der Waals surface area contributed by atoms with E-state index in [1.807, 2.05) is 29.2 Å². The van der Waals surface area contributed by atoms with E-state index in [0.717, 1.165) is 39.3 Å². The van der Waals surface area contributed by atoms with Crippen molar-refractivity contribution in [2.75, 3.05) is 67.1 Å². The molecule has 1 heterocycles.